The lowest BCUT2D eigenvalue weighted by atomic mass is 9.87. The second-order valence-electron chi connectivity index (χ2n) is 6.99. The largest absolute Gasteiger partial charge is 0.497 e. The van der Waals surface area contributed by atoms with E-state index < -0.39 is 5.60 Å². The van der Waals surface area contributed by atoms with Gasteiger partial charge in [-0.3, -0.25) is 9.78 Å². The second-order valence-corrected chi connectivity index (χ2v) is 6.99. The molecule has 144 valence electrons. The molecule has 0 atom stereocenters. The summed E-state index contributed by atoms with van der Waals surface area (Å²) in [6, 6.07) is 9.26. The molecule has 27 heavy (non-hydrogen) atoms. The summed E-state index contributed by atoms with van der Waals surface area (Å²) in [7, 11) is 3.18. The Hall–Kier alpha value is -2.60. The number of hydrogen-bond acceptors (Lipinski definition) is 5. The molecule has 2 aromatic rings. The van der Waals surface area contributed by atoms with Gasteiger partial charge in [-0.2, -0.15) is 0 Å². The fourth-order valence-electron chi connectivity index (χ4n) is 3.42. The highest BCUT2D eigenvalue weighted by Gasteiger charge is 2.36. The van der Waals surface area contributed by atoms with Gasteiger partial charge >= 0.3 is 0 Å². The van der Waals surface area contributed by atoms with Gasteiger partial charge in [0.15, 0.2) is 0 Å². The fraction of sp³-hybridized carbons (Fsp3) is 0.429. The molecule has 1 aromatic carbocycles. The Morgan fingerprint density at radius 2 is 1.93 bits per heavy atom. The van der Waals surface area contributed by atoms with Gasteiger partial charge < -0.3 is 19.5 Å². The van der Waals surface area contributed by atoms with E-state index in [1.807, 2.05) is 31.2 Å². The molecule has 6 nitrogen and oxygen atoms in total. The van der Waals surface area contributed by atoms with E-state index in [0.717, 1.165) is 11.1 Å². The van der Waals surface area contributed by atoms with Crippen molar-refractivity contribution in [1.29, 1.82) is 0 Å². The molecule has 1 fully saturated rings. The predicted octanol–water partition coefficient (Wildman–Crippen LogP) is 2.46. The number of carbonyl (C=O) groups is 1. The molecule has 0 aliphatic carbocycles. The molecule has 0 unspecified atom stereocenters. The van der Waals surface area contributed by atoms with E-state index >= 15 is 0 Å². The van der Waals surface area contributed by atoms with Gasteiger partial charge in [0.2, 0.25) is 5.91 Å². The molecule has 1 saturated heterocycles. The Morgan fingerprint density at radius 1 is 1.19 bits per heavy atom. The van der Waals surface area contributed by atoms with Crippen LogP contribution in [0.2, 0.25) is 0 Å². The molecular weight excluding hydrogens is 344 g/mol. The van der Waals surface area contributed by atoms with Crippen molar-refractivity contribution in [3.8, 4) is 11.5 Å². The van der Waals surface area contributed by atoms with Crippen LogP contribution in [0.3, 0.4) is 0 Å². The fourth-order valence-corrected chi connectivity index (χ4v) is 3.42. The molecule has 1 aliphatic heterocycles. The van der Waals surface area contributed by atoms with Crippen molar-refractivity contribution in [3.63, 3.8) is 0 Å². The number of carbonyl (C=O) groups excluding carboxylic acids is 1. The summed E-state index contributed by atoms with van der Waals surface area (Å²) in [6.45, 7) is 2.96. The molecule has 1 amide bonds. The molecule has 1 aliphatic rings. The monoisotopic (exact) mass is 370 g/mol. The summed E-state index contributed by atoms with van der Waals surface area (Å²) in [5, 5.41) is 10.9. The molecule has 3 rings (SSSR count). The van der Waals surface area contributed by atoms with Crippen molar-refractivity contribution in [1.82, 2.24) is 9.88 Å². The van der Waals surface area contributed by atoms with Crippen molar-refractivity contribution >= 4 is 5.91 Å². The number of likely N-dealkylation sites (tertiary alicyclic amines) is 1. The number of rotatable bonds is 5. The highest BCUT2D eigenvalue weighted by atomic mass is 16.5. The van der Waals surface area contributed by atoms with Gasteiger partial charge in [0.05, 0.1) is 26.3 Å². The molecule has 1 N–H and O–H groups in total. The number of aromatic nitrogens is 1. The standard InChI is InChI=1S/C21H26N2O4/c1-15-4-7-19(22-14-15)21(25)8-10-23(11-9-21)20(24)13-16-12-17(26-2)5-6-18(16)27-3/h4-7,12,14,25H,8-11,13H2,1-3H3. The van der Waals surface area contributed by atoms with E-state index in [0.29, 0.717) is 43.1 Å². The van der Waals surface area contributed by atoms with Crippen LogP contribution in [0.4, 0.5) is 0 Å². The number of aryl methyl sites for hydroxylation is 1. The van der Waals surface area contributed by atoms with Crippen LogP contribution in [0.15, 0.2) is 36.5 Å². The van der Waals surface area contributed by atoms with Crippen LogP contribution in [0, 0.1) is 6.92 Å². The first kappa shape index (κ1) is 19.2. The third-order valence-corrected chi connectivity index (χ3v) is 5.16. The van der Waals surface area contributed by atoms with Crippen LogP contribution in [-0.2, 0) is 16.8 Å². The molecule has 0 radical (unpaired) electrons. The van der Waals surface area contributed by atoms with Crippen molar-refractivity contribution in [3.05, 3.63) is 53.3 Å². The SMILES string of the molecule is COc1ccc(OC)c(CC(=O)N2CCC(O)(c3ccc(C)cn3)CC2)c1. The summed E-state index contributed by atoms with van der Waals surface area (Å²) >= 11 is 0. The summed E-state index contributed by atoms with van der Waals surface area (Å²) in [4.78, 5) is 18.9. The van der Waals surface area contributed by atoms with Crippen molar-refractivity contribution < 1.29 is 19.4 Å². The zero-order valence-electron chi connectivity index (χ0n) is 16.1. The van der Waals surface area contributed by atoms with Gasteiger partial charge in [-0.15, -0.1) is 0 Å². The number of hydrogen-bond donors (Lipinski definition) is 1. The van der Waals surface area contributed by atoms with Gasteiger partial charge in [0, 0.05) is 24.8 Å². The summed E-state index contributed by atoms with van der Waals surface area (Å²) in [5.74, 6) is 1.37. The van der Waals surface area contributed by atoms with Crippen LogP contribution >= 0.6 is 0 Å². The third kappa shape index (κ3) is 4.22. The van der Waals surface area contributed by atoms with Crippen LogP contribution in [0.25, 0.3) is 0 Å². The van der Waals surface area contributed by atoms with Crippen LogP contribution < -0.4 is 9.47 Å². The number of ether oxygens (including phenoxy) is 2. The number of aliphatic hydroxyl groups is 1. The summed E-state index contributed by atoms with van der Waals surface area (Å²) < 4.78 is 10.6. The molecule has 0 spiro atoms. The highest BCUT2D eigenvalue weighted by molar-refractivity contribution is 5.79. The normalized spacial score (nSPS) is 16.1. The molecule has 2 heterocycles. The van der Waals surface area contributed by atoms with Gasteiger partial charge in [-0.1, -0.05) is 6.07 Å². The highest BCUT2D eigenvalue weighted by Crippen LogP contribution is 2.32. The first-order valence-electron chi connectivity index (χ1n) is 9.09. The Kier molecular flexibility index (Phi) is 5.65. The zero-order chi connectivity index (χ0) is 19.4. The molecule has 1 aromatic heterocycles. The number of pyridine rings is 1. The smallest absolute Gasteiger partial charge is 0.227 e. The summed E-state index contributed by atoms with van der Waals surface area (Å²) in [5.41, 5.74) is 1.55. The molecule has 6 heteroatoms. The molecule has 0 bridgehead atoms. The van der Waals surface area contributed by atoms with Crippen molar-refractivity contribution in [2.45, 2.75) is 31.8 Å². The maximum absolute atomic E-state index is 12.8. The average Bonchev–Trinajstić information content (AvgIpc) is 2.68. The van der Waals surface area contributed by atoms with Crippen molar-refractivity contribution in [2.75, 3.05) is 27.3 Å². The van der Waals surface area contributed by atoms with Gasteiger partial charge in [-0.25, -0.2) is 0 Å². The van der Waals surface area contributed by atoms with E-state index in [1.165, 1.54) is 0 Å². The van der Waals surface area contributed by atoms with Gasteiger partial charge in [0.1, 0.15) is 17.1 Å². The maximum Gasteiger partial charge on any atom is 0.227 e. The first-order valence-corrected chi connectivity index (χ1v) is 9.09. The van der Waals surface area contributed by atoms with E-state index in [4.69, 9.17) is 9.47 Å². The second kappa shape index (κ2) is 7.96. The number of benzene rings is 1. The predicted molar refractivity (Wildman–Crippen MR) is 102 cm³/mol. The number of piperidine rings is 1. The minimum atomic E-state index is -0.974. The minimum Gasteiger partial charge on any atom is -0.497 e. The quantitative estimate of drug-likeness (QED) is 0.875. The minimum absolute atomic E-state index is 0.0143. The lowest BCUT2D eigenvalue weighted by Gasteiger charge is -2.38. The Bertz CT molecular complexity index is 796. The Morgan fingerprint density at radius 3 is 2.52 bits per heavy atom. The van der Waals surface area contributed by atoms with E-state index in [2.05, 4.69) is 4.98 Å². The third-order valence-electron chi connectivity index (χ3n) is 5.16. The lowest BCUT2D eigenvalue weighted by Crippen LogP contribution is -2.46. The number of methoxy groups -OCH3 is 2. The van der Waals surface area contributed by atoms with Crippen LogP contribution in [-0.4, -0.2) is 48.2 Å². The van der Waals surface area contributed by atoms with E-state index in [9.17, 15) is 9.90 Å². The average molecular weight is 370 g/mol. The lowest BCUT2D eigenvalue weighted by molar-refractivity contribution is -0.135. The first-order chi connectivity index (χ1) is 12.9. The van der Waals surface area contributed by atoms with Gasteiger partial charge in [-0.05, 0) is 49.6 Å². The zero-order valence-corrected chi connectivity index (χ0v) is 16.1. The summed E-state index contributed by atoms with van der Waals surface area (Å²) in [6.07, 6.45) is 2.95. The number of nitrogens with zero attached hydrogens (tertiary/aromatic N) is 2. The van der Waals surface area contributed by atoms with Gasteiger partial charge in [0.25, 0.3) is 0 Å². The topological polar surface area (TPSA) is 71.9 Å². The maximum atomic E-state index is 12.8. The van der Waals surface area contributed by atoms with E-state index in [1.54, 1.807) is 31.4 Å². The molecular formula is C21H26N2O4. The van der Waals surface area contributed by atoms with Crippen molar-refractivity contribution in [2.24, 2.45) is 0 Å². The number of amides is 1. The molecule has 0 saturated carbocycles. The van der Waals surface area contributed by atoms with Crippen LogP contribution in [0.1, 0.15) is 29.7 Å². The Balaban J connectivity index is 1.66. The van der Waals surface area contributed by atoms with Crippen LogP contribution in [0.5, 0.6) is 11.5 Å². The Labute approximate surface area is 159 Å². The van der Waals surface area contributed by atoms with E-state index in [-0.39, 0.29) is 12.3 Å².